The molecule has 1 heterocycles. The summed E-state index contributed by atoms with van der Waals surface area (Å²) in [5.41, 5.74) is 2.10. The Balaban J connectivity index is 2.15. The molecule has 0 N–H and O–H groups in total. The van der Waals surface area contributed by atoms with Gasteiger partial charge in [0.15, 0.2) is 0 Å². The van der Waals surface area contributed by atoms with E-state index in [2.05, 4.69) is 43.8 Å². The molecule has 2 nitrogen and oxygen atoms in total. The third-order valence-electron chi connectivity index (χ3n) is 2.63. The Morgan fingerprint density at radius 3 is 2.37 bits per heavy atom. The Hall–Kier alpha value is -0.100. The van der Waals surface area contributed by atoms with Gasteiger partial charge in [-0.15, -0.1) is 22.9 Å². The number of nitrogens with zero attached hydrogens (tertiary/aromatic N) is 1. The monoisotopic (exact) mass is 423 g/mol. The fourth-order valence-corrected chi connectivity index (χ4v) is 4.07. The molecule has 0 aliphatic rings. The zero-order valence-corrected chi connectivity index (χ0v) is 15.2. The summed E-state index contributed by atoms with van der Waals surface area (Å²) >= 11 is 14.5. The van der Waals surface area contributed by atoms with Gasteiger partial charge < -0.3 is 4.74 Å². The van der Waals surface area contributed by atoms with Gasteiger partial charge in [-0.05, 0) is 63.4 Å². The highest BCUT2D eigenvalue weighted by atomic mass is 79.9. The minimum Gasteiger partial charge on any atom is -0.484 e. The molecule has 0 atom stereocenters. The topological polar surface area (TPSA) is 22.1 Å². The minimum absolute atomic E-state index is 0.469. The molecule has 1 aromatic heterocycles. The van der Waals surface area contributed by atoms with Gasteiger partial charge in [-0.2, -0.15) is 0 Å². The van der Waals surface area contributed by atoms with Crippen LogP contribution in [-0.4, -0.2) is 4.98 Å². The van der Waals surface area contributed by atoms with Crippen LogP contribution in [0.4, 0.5) is 0 Å². The zero-order chi connectivity index (χ0) is 14.0. The number of aryl methyl sites for hydroxylation is 2. The molecular weight excluding hydrogens is 413 g/mol. The van der Waals surface area contributed by atoms with Crippen molar-refractivity contribution in [2.45, 2.75) is 26.3 Å². The highest BCUT2D eigenvalue weighted by molar-refractivity contribution is 9.11. The first-order chi connectivity index (χ1) is 9.01. The first kappa shape index (κ1) is 15.3. The Bertz CT molecular complexity index is 558. The van der Waals surface area contributed by atoms with Crippen LogP contribution in [0.3, 0.4) is 0 Å². The average molecular weight is 426 g/mol. The van der Waals surface area contributed by atoms with Crippen molar-refractivity contribution in [2.75, 3.05) is 0 Å². The van der Waals surface area contributed by atoms with E-state index in [-0.39, 0.29) is 0 Å². The van der Waals surface area contributed by atoms with E-state index in [9.17, 15) is 0 Å². The molecule has 0 unspecified atom stereocenters. The molecule has 19 heavy (non-hydrogen) atoms. The molecule has 102 valence electrons. The van der Waals surface area contributed by atoms with Crippen LogP contribution in [0.2, 0.25) is 0 Å². The number of thiazole rings is 1. The first-order valence-electron chi connectivity index (χ1n) is 5.61. The number of ether oxygens (including phenoxy) is 1. The predicted octanol–water partition coefficient (Wildman–Crippen LogP) is 5.60. The molecule has 1 aromatic carbocycles. The van der Waals surface area contributed by atoms with Crippen molar-refractivity contribution in [1.29, 1.82) is 0 Å². The Labute approximate surface area is 138 Å². The van der Waals surface area contributed by atoms with Gasteiger partial charge in [-0.1, -0.05) is 0 Å². The van der Waals surface area contributed by atoms with Gasteiger partial charge in [0, 0.05) is 10.8 Å². The lowest BCUT2D eigenvalue weighted by Gasteiger charge is -2.10. The van der Waals surface area contributed by atoms with E-state index < -0.39 is 0 Å². The van der Waals surface area contributed by atoms with Crippen LogP contribution < -0.4 is 4.74 Å². The van der Waals surface area contributed by atoms with Crippen molar-refractivity contribution in [3.05, 3.63) is 42.2 Å². The zero-order valence-electron chi connectivity index (χ0n) is 10.5. The maximum atomic E-state index is 5.83. The summed E-state index contributed by atoms with van der Waals surface area (Å²) in [6.45, 7) is 4.55. The van der Waals surface area contributed by atoms with Crippen LogP contribution in [0.1, 0.15) is 21.1 Å². The van der Waals surface area contributed by atoms with Gasteiger partial charge in [-0.3, -0.25) is 0 Å². The maximum Gasteiger partial charge on any atom is 0.148 e. The van der Waals surface area contributed by atoms with E-state index >= 15 is 0 Å². The summed E-state index contributed by atoms with van der Waals surface area (Å²) in [7, 11) is 0. The molecule has 0 saturated carbocycles. The van der Waals surface area contributed by atoms with Crippen LogP contribution in [0, 0.1) is 13.8 Å². The van der Waals surface area contributed by atoms with Crippen molar-refractivity contribution in [1.82, 2.24) is 4.98 Å². The number of alkyl halides is 1. The molecule has 0 saturated heterocycles. The highest BCUT2D eigenvalue weighted by Crippen LogP contribution is 2.36. The molecule has 2 aromatic rings. The van der Waals surface area contributed by atoms with Crippen LogP contribution in [-0.2, 0) is 12.5 Å². The molecule has 6 heteroatoms. The van der Waals surface area contributed by atoms with Crippen molar-refractivity contribution < 1.29 is 4.74 Å². The van der Waals surface area contributed by atoms with Gasteiger partial charge in [0.25, 0.3) is 0 Å². The van der Waals surface area contributed by atoms with Gasteiger partial charge in [0.05, 0.1) is 14.6 Å². The molecular formula is C13H12Br2ClNOS. The summed E-state index contributed by atoms with van der Waals surface area (Å²) in [6, 6.07) is 3.93. The van der Waals surface area contributed by atoms with E-state index in [0.29, 0.717) is 12.5 Å². The Kier molecular flexibility index (Phi) is 5.29. The van der Waals surface area contributed by atoms with Crippen LogP contribution in [0.15, 0.2) is 21.1 Å². The number of benzene rings is 1. The normalized spacial score (nSPS) is 10.8. The molecule has 0 aliphatic heterocycles. The van der Waals surface area contributed by atoms with E-state index in [4.69, 9.17) is 16.3 Å². The Morgan fingerprint density at radius 2 is 1.89 bits per heavy atom. The average Bonchev–Trinajstić information content (AvgIpc) is 2.67. The summed E-state index contributed by atoms with van der Waals surface area (Å²) in [5, 5.41) is 0.982. The summed E-state index contributed by atoms with van der Waals surface area (Å²) in [4.78, 5) is 5.69. The fourth-order valence-electron chi connectivity index (χ4n) is 1.56. The van der Waals surface area contributed by atoms with Gasteiger partial charge in [0.2, 0.25) is 0 Å². The second-order valence-corrected chi connectivity index (χ2v) is 7.32. The first-order valence-corrected chi connectivity index (χ1v) is 8.54. The lowest BCUT2D eigenvalue weighted by Crippen LogP contribution is -1.97. The van der Waals surface area contributed by atoms with Crippen LogP contribution >= 0.6 is 54.8 Å². The lowest BCUT2D eigenvalue weighted by atomic mass is 10.2. The minimum atomic E-state index is 0.469. The van der Waals surface area contributed by atoms with Crippen LogP contribution in [0.5, 0.6) is 5.75 Å². The number of halogens is 3. The van der Waals surface area contributed by atoms with Crippen molar-refractivity contribution in [2.24, 2.45) is 0 Å². The molecule has 0 fully saturated rings. The SMILES string of the molecule is Cc1nc(COc2c(Br)cc(CCl)cc2Br)sc1C. The summed E-state index contributed by atoms with van der Waals surface area (Å²) < 4.78 is 7.61. The number of aromatic nitrogens is 1. The molecule has 0 bridgehead atoms. The maximum absolute atomic E-state index is 5.83. The van der Waals surface area contributed by atoms with E-state index in [1.807, 2.05) is 19.1 Å². The van der Waals surface area contributed by atoms with Crippen LogP contribution in [0.25, 0.3) is 0 Å². The van der Waals surface area contributed by atoms with E-state index in [1.165, 1.54) is 4.88 Å². The summed E-state index contributed by atoms with van der Waals surface area (Å²) in [5.74, 6) is 1.25. The Morgan fingerprint density at radius 1 is 1.26 bits per heavy atom. The second kappa shape index (κ2) is 6.57. The number of hydrogen-bond acceptors (Lipinski definition) is 3. The number of hydrogen-bond donors (Lipinski definition) is 0. The largest absolute Gasteiger partial charge is 0.484 e. The molecule has 0 spiro atoms. The molecule has 2 rings (SSSR count). The fraction of sp³-hybridized carbons (Fsp3) is 0.308. The molecule has 0 amide bonds. The molecule has 0 radical (unpaired) electrons. The van der Waals surface area contributed by atoms with Gasteiger partial charge >= 0.3 is 0 Å². The molecule has 0 aliphatic carbocycles. The predicted molar refractivity (Wildman–Crippen MR) is 87.3 cm³/mol. The van der Waals surface area contributed by atoms with Crippen molar-refractivity contribution in [3.63, 3.8) is 0 Å². The van der Waals surface area contributed by atoms with Gasteiger partial charge in [-0.25, -0.2) is 4.98 Å². The second-order valence-electron chi connectivity index (χ2n) is 4.06. The highest BCUT2D eigenvalue weighted by Gasteiger charge is 2.11. The third-order valence-corrected chi connectivity index (χ3v) is 5.16. The quantitative estimate of drug-likeness (QED) is 0.595. The standard InChI is InChI=1S/C13H12Br2ClNOS/c1-7-8(2)19-12(17-7)6-18-13-10(14)3-9(5-16)4-11(13)15/h3-4H,5-6H2,1-2H3. The lowest BCUT2D eigenvalue weighted by molar-refractivity contribution is 0.301. The third kappa shape index (κ3) is 3.72. The van der Waals surface area contributed by atoms with Crippen molar-refractivity contribution >= 4 is 54.8 Å². The van der Waals surface area contributed by atoms with E-state index in [0.717, 1.165) is 31.0 Å². The smallest absolute Gasteiger partial charge is 0.148 e. The summed E-state index contributed by atoms with van der Waals surface area (Å²) in [6.07, 6.45) is 0. The van der Waals surface area contributed by atoms with Crippen molar-refractivity contribution in [3.8, 4) is 5.75 Å². The van der Waals surface area contributed by atoms with E-state index in [1.54, 1.807) is 11.3 Å². The van der Waals surface area contributed by atoms with Gasteiger partial charge in [0.1, 0.15) is 17.4 Å². The number of rotatable bonds is 4.